The molecule has 1 aromatic carbocycles. The summed E-state index contributed by atoms with van der Waals surface area (Å²) in [5.41, 5.74) is 6.57. The van der Waals surface area contributed by atoms with Gasteiger partial charge in [-0.15, -0.1) is 0 Å². The van der Waals surface area contributed by atoms with Gasteiger partial charge in [-0.2, -0.15) is 0 Å². The van der Waals surface area contributed by atoms with Crippen LogP contribution in [0.15, 0.2) is 24.3 Å². The van der Waals surface area contributed by atoms with Gasteiger partial charge in [0.15, 0.2) is 0 Å². The van der Waals surface area contributed by atoms with Gasteiger partial charge in [0.25, 0.3) is 5.91 Å². The van der Waals surface area contributed by atoms with E-state index in [4.69, 9.17) is 10.8 Å². The first-order valence-corrected chi connectivity index (χ1v) is 5.43. The molecule has 1 aliphatic rings. The van der Waals surface area contributed by atoms with Crippen molar-refractivity contribution in [2.45, 2.75) is 6.42 Å². The predicted octanol–water partition coefficient (Wildman–Crippen LogP) is 0.696. The molecule has 1 saturated heterocycles. The molecule has 3 N–H and O–H groups in total. The normalized spacial score (nSPS) is 15.4. The fourth-order valence-electron chi connectivity index (χ4n) is 2.10. The quantitative estimate of drug-likeness (QED) is 0.803. The molecule has 0 unspecified atom stereocenters. The van der Waals surface area contributed by atoms with Crippen LogP contribution in [-0.4, -0.2) is 30.1 Å². The van der Waals surface area contributed by atoms with Crippen LogP contribution in [0.4, 0.5) is 5.69 Å². The Hall–Kier alpha value is -2.04. The molecular weight excluding hydrogens is 220 g/mol. The van der Waals surface area contributed by atoms with E-state index in [0.717, 1.165) is 5.69 Å². The number of carboxylic acid groups (broad SMARTS) is 1. The van der Waals surface area contributed by atoms with Gasteiger partial charge in [-0.25, -0.2) is 0 Å². The second kappa shape index (κ2) is 4.45. The van der Waals surface area contributed by atoms with E-state index in [-0.39, 0.29) is 12.3 Å². The number of aliphatic carboxylic acids is 1. The van der Waals surface area contributed by atoms with Gasteiger partial charge in [0.2, 0.25) is 0 Å². The average molecular weight is 234 g/mol. The Morgan fingerprint density at radius 1 is 1.35 bits per heavy atom. The van der Waals surface area contributed by atoms with E-state index in [9.17, 15) is 9.59 Å². The van der Waals surface area contributed by atoms with E-state index in [1.54, 1.807) is 12.1 Å². The van der Waals surface area contributed by atoms with E-state index in [1.807, 2.05) is 17.0 Å². The van der Waals surface area contributed by atoms with Crippen LogP contribution >= 0.6 is 0 Å². The van der Waals surface area contributed by atoms with Crippen molar-refractivity contribution >= 4 is 17.6 Å². The second-order valence-corrected chi connectivity index (χ2v) is 4.25. The Labute approximate surface area is 98.8 Å². The summed E-state index contributed by atoms with van der Waals surface area (Å²) in [5.74, 6) is -1.08. The maximum atomic E-state index is 11.2. The molecule has 5 nitrogen and oxygen atoms in total. The molecule has 1 aliphatic heterocycles. The molecule has 1 heterocycles. The molecule has 0 spiro atoms. The van der Waals surface area contributed by atoms with Crippen molar-refractivity contribution in [1.82, 2.24) is 0 Å². The number of amides is 1. The zero-order chi connectivity index (χ0) is 12.4. The number of hydrogen-bond acceptors (Lipinski definition) is 3. The monoisotopic (exact) mass is 234 g/mol. The van der Waals surface area contributed by atoms with Crippen molar-refractivity contribution in [3.8, 4) is 0 Å². The van der Waals surface area contributed by atoms with Gasteiger partial charge in [0, 0.05) is 24.7 Å². The third-order valence-corrected chi connectivity index (χ3v) is 2.93. The minimum Gasteiger partial charge on any atom is -0.481 e. The van der Waals surface area contributed by atoms with Crippen molar-refractivity contribution < 1.29 is 14.7 Å². The topological polar surface area (TPSA) is 83.6 Å². The number of carbonyl (C=O) groups excluding carboxylic acids is 1. The number of anilines is 1. The molecule has 1 amide bonds. The standard InChI is InChI=1S/C12H14N2O3/c13-12(17)9-3-1-2-4-10(9)14-6-8(7-14)5-11(15)16/h1-4,8H,5-7H2,(H2,13,17)(H,15,16). The fourth-order valence-corrected chi connectivity index (χ4v) is 2.10. The molecule has 0 saturated carbocycles. The van der Waals surface area contributed by atoms with Crippen LogP contribution < -0.4 is 10.6 Å². The summed E-state index contributed by atoms with van der Waals surface area (Å²) in [4.78, 5) is 23.7. The largest absolute Gasteiger partial charge is 0.481 e. The van der Waals surface area contributed by atoms with E-state index in [1.165, 1.54) is 0 Å². The molecule has 17 heavy (non-hydrogen) atoms. The highest BCUT2D eigenvalue weighted by atomic mass is 16.4. The number of carboxylic acids is 1. The molecule has 0 aromatic heterocycles. The highest BCUT2D eigenvalue weighted by Crippen LogP contribution is 2.29. The molecule has 90 valence electrons. The number of carbonyl (C=O) groups is 2. The first-order chi connectivity index (χ1) is 8.08. The van der Waals surface area contributed by atoms with Crippen LogP contribution in [0.3, 0.4) is 0 Å². The summed E-state index contributed by atoms with van der Waals surface area (Å²) in [6.07, 6.45) is 0.176. The van der Waals surface area contributed by atoms with Crippen molar-refractivity contribution in [2.75, 3.05) is 18.0 Å². The van der Waals surface area contributed by atoms with Crippen LogP contribution in [0.25, 0.3) is 0 Å². The molecule has 5 heteroatoms. The van der Waals surface area contributed by atoms with E-state index < -0.39 is 11.9 Å². The molecule has 0 radical (unpaired) electrons. The molecule has 1 aromatic rings. The summed E-state index contributed by atoms with van der Waals surface area (Å²) >= 11 is 0. The van der Waals surface area contributed by atoms with Crippen molar-refractivity contribution in [2.24, 2.45) is 11.7 Å². The van der Waals surface area contributed by atoms with Gasteiger partial charge >= 0.3 is 5.97 Å². The SMILES string of the molecule is NC(=O)c1ccccc1N1CC(CC(=O)O)C1. The average Bonchev–Trinajstić information content (AvgIpc) is 2.22. The highest BCUT2D eigenvalue weighted by molar-refractivity contribution is 5.98. The molecule has 0 bridgehead atoms. The summed E-state index contributed by atoms with van der Waals surface area (Å²) in [6.45, 7) is 1.33. The van der Waals surface area contributed by atoms with Crippen LogP contribution in [0.1, 0.15) is 16.8 Å². The van der Waals surface area contributed by atoms with Crippen LogP contribution in [0, 0.1) is 5.92 Å². The molecule has 0 atom stereocenters. The third kappa shape index (κ3) is 2.38. The van der Waals surface area contributed by atoms with Gasteiger partial charge in [0.05, 0.1) is 12.0 Å². The lowest BCUT2D eigenvalue weighted by Crippen LogP contribution is -2.48. The molecule has 2 rings (SSSR count). The predicted molar refractivity (Wildman–Crippen MR) is 62.9 cm³/mol. The molecule has 1 fully saturated rings. The maximum absolute atomic E-state index is 11.2. The first kappa shape index (κ1) is 11.4. The maximum Gasteiger partial charge on any atom is 0.303 e. The molecule has 0 aliphatic carbocycles. The summed E-state index contributed by atoms with van der Waals surface area (Å²) in [6, 6.07) is 7.11. The second-order valence-electron chi connectivity index (χ2n) is 4.25. The van der Waals surface area contributed by atoms with Gasteiger partial charge in [0.1, 0.15) is 0 Å². The van der Waals surface area contributed by atoms with E-state index >= 15 is 0 Å². The zero-order valence-electron chi connectivity index (χ0n) is 9.30. The van der Waals surface area contributed by atoms with Crippen LogP contribution in [0.5, 0.6) is 0 Å². The van der Waals surface area contributed by atoms with Crippen LogP contribution in [0.2, 0.25) is 0 Å². The zero-order valence-corrected chi connectivity index (χ0v) is 9.30. The Balaban J connectivity index is 2.06. The minimum atomic E-state index is -0.780. The lowest BCUT2D eigenvalue weighted by Gasteiger charge is -2.41. The number of hydrogen-bond donors (Lipinski definition) is 2. The highest BCUT2D eigenvalue weighted by Gasteiger charge is 2.30. The van der Waals surface area contributed by atoms with Gasteiger partial charge < -0.3 is 15.7 Å². The summed E-state index contributed by atoms with van der Waals surface area (Å²) in [7, 11) is 0. The van der Waals surface area contributed by atoms with E-state index in [2.05, 4.69) is 0 Å². The Bertz CT molecular complexity index is 453. The lowest BCUT2D eigenvalue weighted by atomic mass is 9.94. The third-order valence-electron chi connectivity index (χ3n) is 2.93. The Morgan fingerprint density at radius 3 is 2.59 bits per heavy atom. The smallest absolute Gasteiger partial charge is 0.303 e. The number of rotatable bonds is 4. The van der Waals surface area contributed by atoms with Gasteiger partial charge in [-0.05, 0) is 12.1 Å². The van der Waals surface area contributed by atoms with Gasteiger partial charge in [-0.3, -0.25) is 9.59 Å². The number of benzene rings is 1. The Kier molecular flexibility index (Phi) is 2.99. The number of nitrogens with two attached hydrogens (primary N) is 1. The fraction of sp³-hybridized carbons (Fsp3) is 0.333. The molecular formula is C12H14N2O3. The summed E-state index contributed by atoms with van der Waals surface area (Å²) < 4.78 is 0. The number of para-hydroxylation sites is 1. The Morgan fingerprint density at radius 2 is 2.00 bits per heavy atom. The van der Waals surface area contributed by atoms with Crippen molar-refractivity contribution in [3.05, 3.63) is 29.8 Å². The lowest BCUT2D eigenvalue weighted by molar-refractivity contribution is -0.138. The van der Waals surface area contributed by atoms with Crippen LogP contribution in [-0.2, 0) is 4.79 Å². The summed E-state index contributed by atoms with van der Waals surface area (Å²) in [5, 5.41) is 8.66. The first-order valence-electron chi connectivity index (χ1n) is 5.43. The number of nitrogens with zero attached hydrogens (tertiary/aromatic N) is 1. The minimum absolute atomic E-state index is 0.161. The van der Waals surface area contributed by atoms with E-state index in [0.29, 0.717) is 18.7 Å². The van der Waals surface area contributed by atoms with Gasteiger partial charge in [-0.1, -0.05) is 12.1 Å². The van der Waals surface area contributed by atoms with Crippen molar-refractivity contribution in [1.29, 1.82) is 0 Å². The van der Waals surface area contributed by atoms with Crippen molar-refractivity contribution in [3.63, 3.8) is 0 Å². The number of primary amides is 1.